The van der Waals surface area contributed by atoms with Crippen LogP contribution < -0.4 is 5.73 Å². The average Bonchev–Trinajstić information content (AvgIpc) is 2.92. The molecule has 3 aromatic rings. The average molecular weight is 282 g/mol. The predicted molar refractivity (Wildman–Crippen MR) is 81.5 cm³/mol. The zero-order valence-electron chi connectivity index (χ0n) is 11.1. The Morgan fingerprint density at radius 2 is 1.95 bits per heavy atom. The van der Waals surface area contributed by atoms with E-state index in [2.05, 4.69) is 32.5 Å². The Bertz CT molecular complexity index is 722. The first-order chi connectivity index (χ1) is 9.72. The lowest BCUT2D eigenvalue weighted by Crippen LogP contribution is -2.02. The summed E-state index contributed by atoms with van der Waals surface area (Å²) in [5.41, 5.74) is 9.75. The molecule has 0 radical (unpaired) electrons. The first kappa shape index (κ1) is 12.7. The first-order valence-corrected chi connectivity index (χ1v) is 7.18. The number of aryl methyl sites for hydroxylation is 1. The Morgan fingerprint density at radius 3 is 2.75 bits per heavy atom. The molecule has 0 amide bonds. The van der Waals surface area contributed by atoms with Crippen molar-refractivity contribution < 1.29 is 0 Å². The van der Waals surface area contributed by atoms with Crippen molar-refractivity contribution in [3.05, 3.63) is 58.2 Å². The molecular formula is C15H14N4S. The SMILES string of the molecule is Cc1cnc(N)nc1Cc1nc(-c2ccccc2)cs1. The van der Waals surface area contributed by atoms with E-state index in [4.69, 9.17) is 5.73 Å². The summed E-state index contributed by atoms with van der Waals surface area (Å²) in [7, 11) is 0. The molecule has 0 spiro atoms. The van der Waals surface area contributed by atoms with Crippen LogP contribution in [-0.2, 0) is 6.42 Å². The summed E-state index contributed by atoms with van der Waals surface area (Å²) in [4.78, 5) is 12.9. The van der Waals surface area contributed by atoms with Gasteiger partial charge in [0.05, 0.1) is 16.4 Å². The van der Waals surface area contributed by atoms with Crippen LogP contribution in [-0.4, -0.2) is 15.0 Å². The Labute approximate surface area is 121 Å². The summed E-state index contributed by atoms with van der Waals surface area (Å²) in [6.07, 6.45) is 2.44. The van der Waals surface area contributed by atoms with E-state index in [1.807, 2.05) is 25.1 Å². The third-order valence-electron chi connectivity index (χ3n) is 3.04. The maximum Gasteiger partial charge on any atom is 0.220 e. The summed E-state index contributed by atoms with van der Waals surface area (Å²) in [5, 5.41) is 3.11. The van der Waals surface area contributed by atoms with E-state index in [0.717, 1.165) is 27.5 Å². The van der Waals surface area contributed by atoms with Crippen LogP contribution in [0.25, 0.3) is 11.3 Å². The molecule has 0 fully saturated rings. The van der Waals surface area contributed by atoms with Crippen LogP contribution in [0.3, 0.4) is 0 Å². The summed E-state index contributed by atoms with van der Waals surface area (Å²) >= 11 is 1.64. The molecule has 0 unspecified atom stereocenters. The van der Waals surface area contributed by atoms with Crippen molar-refractivity contribution in [2.24, 2.45) is 0 Å². The van der Waals surface area contributed by atoms with Gasteiger partial charge in [-0.15, -0.1) is 11.3 Å². The van der Waals surface area contributed by atoms with E-state index in [1.165, 1.54) is 0 Å². The van der Waals surface area contributed by atoms with Crippen LogP contribution in [0.2, 0.25) is 0 Å². The lowest BCUT2D eigenvalue weighted by molar-refractivity contribution is 0.996. The van der Waals surface area contributed by atoms with Crippen LogP contribution in [0.15, 0.2) is 41.9 Å². The second-order valence-electron chi connectivity index (χ2n) is 4.53. The van der Waals surface area contributed by atoms with E-state index < -0.39 is 0 Å². The fourth-order valence-electron chi connectivity index (χ4n) is 1.95. The van der Waals surface area contributed by atoms with Crippen molar-refractivity contribution in [1.29, 1.82) is 0 Å². The largest absolute Gasteiger partial charge is 0.368 e. The van der Waals surface area contributed by atoms with Crippen molar-refractivity contribution >= 4 is 17.3 Å². The van der Waals surface area contributed by atoms with Crippen LogP contribution in [0.1, 0.15) is 16.3 Å². The number of nitrogens with zero attached hydrogens (tertiary/aromatic N) is 3. The highest BCUT2D eigenvalue weighted by molar-refractivity contribution is 7.10. The second-order valence-corrected chi connectivity index (χ2v) is 5.47. The summed E-state index contributed by atoms with van der Waals surface area (Å²) in [6.45, 7) is 1.99. The lowest BCUT2D eigenvalue weighted by atomic mass is 10.2. The normalized spacial score (nSPS) is 10.7. The van der Waals surface area contributed by atoms with E-state index in [1.54, 1.807) is 17.5 Å². The molecule has 0 aliphatic rings. The van der Waals surface area contributed by atoms with Crippen molar-refractivity contribution in [3.8, 4) is 11.3 Å². The molecule has 0 saturated heterocycles. The van der Waals surface area contributed by atoms with Crippen molar-refractivity contribution in [1.82, 2.24) is 15.0 Å². The van der Waals surface area contributed by atoms with E-state index in [0.29, 0.717) is 12.4 Å². The lowest BCUT2D eigenvalue weighted by Gasteiger charge is -2.02. The molecule has 2 N–H and O–H groups in total. The molecule has 0 saturated carbocycles. The second kappa shape index (κ2) is 5.38. The van der Waals surface area contributed by atoms with Gasteiger partial charge in [-0.3, -0.25) is 0 Å². The molecule has 0 bridgehead atoms. The van der Waals surface area contributed by atoms with E-state index in [-0.39, 0.29) is 0 Å². The number of nitrogens with two attached hydrogens (primary N) is 1. The maximum atomic E-state index is 5.64. The number of hydrogen-bond donors (Lipinski definition) is 1. The van der Waals surface area contributed by atoms with Crippen LogP contribution >= 0.6 is 11.3 Å². The maximum absolute atomic E-state index is 5.64. The molecule has 20 heavy (non-hydrogen) atoms. The topological polar surface area (TPSA) is 64.7 Å². The zero-order valence-corrected chi connectivity index (χ0v) is 11.9. The van der Waals surface area contributed by atoms with Crippen LogP contribution in [0.4, 0.5) is 5.95 Å². The number of rotatable bonds is 3. The third-order valence-corrected chi connectivity index (χ3v) is 3.88. The highest BCUT2D eigenvalue weighted by Crippen LogP contribution is 2.23. The van der Waals surface area contributed by atoms with Gasteiger partial charge in [0.1, 0.15) is 0 Å². The van der Waals surface area contributed by atoms with Crippen molar-refractivity contribution in [2.45, 2.75) is 13.3 Å². The fraction of sp³-hybridized carbons (Fsp3) is 0.133. The molecule has 100 valence electrons. The van der Waals surface area contributed by atoms with Gasteiger partial charge in [0.25, 0.3) is 0 Å². The fourth-order valence-corrected chi connectivity index (χ4v) is 2.76. The molecule has 4 nitrogen and oxygen atoms in total. The van der Waals surface area contributed by atoms with E-state index in [9.17, 15) is 0 Å². The van der Waals surface area contributed by atoms with E-state index >= 15 is 0 Å². The number of anilines is 1. The standard InChI is InChI=1S/C15H14N4S/c1-10-8-17-15(16)19-12(10)7-14-18-13(9-20-14)11-5-3-2-4-6-11/h2-6,8-9H,7H2,1H3,(H2,16,17,19). The minimum Gasteiger partial charge on any atom is -0.368 e. The highest BCUT2D eigenvalue weighted by Gasteiger charge is 2.08. The highest BCUT2D eigenvalue weighted by atomic mass is 32.1. The Balaban J connectivity index is 1.86. The number of hydrogen-bond acceptors (Lipinski definition) is 5. The Morgan fingerprint density at radius 1 is 1.15 bits per heavy atom. The smallest absolute Gasteiger partial charge is 0.220 e. The van der Waals surface area contributed by atoms with Crippen LogP contribution in [0.5, 0.6) is 0 Å². The van der Waals surface area contributed by atoms with Gasteiger partial charge in [-0.25, -0.2) is 15.0 Å². The first-order valence-electron chi connectivity index (χ1n) is 6.30. The van der Waals surface area contributed by atoms with Gasteiger partial charge in [0.2, 0.25) is 5.95 Å². The van der Waals surface area contributed by atoms with Gasteiger partial charge in [0, 0.05) is 23.6 Å². The number of thiazole rings is 1. The van der Waals surface area contributed by atoms with Gasteiger partial charge >= 0.3 is 0 Å². The van der Waals surface area contributed by atoms with Gasteiger partial charge in [0.15, 0.2) is 0 Å². The van der Waals surface area contributed by atoms with Crippen LogP contribution in [0, 0.1) is 6.92 Å². The third kappa shape index (κ3) is 2.67. The van der Waals surface area contributed by atoms with Crippen molar-refractivity contribution in [2.75, 3.05) is 5.73 Å². The molecule has 5 heteroatoms. The molecule has 3 rings (SSSR count). The molecule has 0 aliphatic carbocycles. The molecule has 0 aliphatic heterocycles. The minimum absolute atomic E-state index is 0.311. The number of benzene rings is 1. The summed E-state index contributed by atoms with van der Waals surface area (Å²) < 4.78 is 0. The van der Waals surface area contributed by atoms with Gasteiger partial charge in [-0.05, 0) is 12.5 Å². The Hall–Kier alpha value is -2.27. The number of aromatic nitrogens is 3. The molecular weight excluding hydrogens is 268 g/mol. The Kier molecular flexibility index (Phi) is 3.43. The zero-order chi connectivity index (χ0) is 13.9. The monoisotopic (exact) mass is 282 g/mol. The van der Waals surface area contributed by atoms with Gasteiger partial charge in [-0.2, -0.15) is 0 Å². The van der Waals surface area contributed by atoms with Gasteiger partial charge in [-0.1, -0.05) is 30.3 Å². The molecule has 0 atom stereocenters. The van der Waals surface area contributed by atoms with Gasteiger partial charge < -0.3 is 5.73 Å². The predicted octanol–water partition coefficient (Wildman–Crippen LogP) is 3.08. The van der Waals surface area contributed by atoms with Crippen molar-refractivity contribution in [3.63, 3.8) is 0 Å². The summed E-state index contributed by atoms with van der Waals surface area (Å²) in [6, 6.07) is 10.2. The number of nitrogen functional groups attached to an aromatic ring is 1. The quantitative estimate of drug-likeness (QED) is 0.801. The summed E-state index contributed by atoms with van der Waals surface area (Å²) in [5.74, 6) is 0.311. The molecule has 1 aromatic carbocycles. The minimum atomic E-state index is 0.311. The molecule has 2 heterocycles. The molecule has 2 aromatic heterocycles.